The van der Waals surface area contributed by atoms with Gasteiger partial charge < -0.3 is 15.3 Å². The highest BCUT2D eigenvalue weighted by Gasteiger charge is 2.47. The lowest BCUT2D eigenvalue weighted by molar-refractivity contribution is 0.00521. The molecule has 0 bridgehead atoms. The number of thiophene rings is 1. The number of hydrogen-bond donors (Lipinski definition) is 3. The molecule has 1 fully saturated rings. The summed E-state index contributed by atoms with van der Waals surface area (Å²) in [4.78, 5) is 15.6. The average molecular weight is 380 g/mol. The van der Waals surface area contributed by atoms with Crippen LogP contribution in [0.1, 0.15) is 34.5 Å². The zero-order valence-corrected chi connectivity index (χ0v) is 14.7. The molecule has 6 nitrogen and oxygen atoms in total. The Hall–Kier alpha value is -2.00. The normalized spacial score (nSPS) is 25.4. The lowest BCUT2D eigenvalue weighted by Crippen LogP contribution is -2.48. The summed E-state index contributed by atoms with van der Waals surface area (Å²) in [6.45, 7) is -0.121. The predicted octanol–water partition coefficient (Wildman–Crippen LogP) is 2.16. The summed E-state index contributed by atoms with van der Waals surface area (Å²) in [5, 5.41) is 19.7. The third kappa shape index (κ3) is 2.61. The van der Waals surface area contributed by atoms with E-state index in [-0.39, 0.29) is 24.9 Å². The van der Waals surface area contributed by atoms with E-state index in [1.807, 2.05) is 0 Å². The van der Waals surface area contributed by atoms with E-state index in [0.29, 0.717) is 45.8 Å². The minimum absolute atomic E-state index is 0.247. The van der Waals surface area contributed by atoms with Crippen molar-refractivity contribution in [1.82, 2.24) is 15.5 Å². The van der Waals surface area contributed by atoms with Crippen LogP contribution in [0.4, 0.5) is 14.5 Å². The number of anilines is 1. The predicted molar refractivity (Wildman–Crippen MR) is 92.8 cm³/mol. The highest BCUT2D eigenvalue weighted by molar-refractivity contribution is 7.18. The van der Waals surface area contributed by atoms with Crippen molar-refractivity contribution in [2.75, 3.05) is 18.0 Å². The van der Waals surface area contributed by atoms with E-state index < -0.39 is 18.1 Å². The molecule has 0 unspecified atom stereocenters. The van der Waals surface area contributed by atoms with Gasteiger partial charge in [-0.05, 0) is 19.3 Å². The summed E-state index contributed by atoms with van der Waals surface area (Å²) in [6, 6.07) is -0.339. The fraction of sp³-hybridized carbons (Fsp3) is 0.529. The van der Waals surface area contributed by atoms with Crippen LogP contribution in [-0.2, 0) is 6.42 Å². The monoisotopic (exact) mass is 380 g/mol. The Kier molecular flexibility index (Phi) is 3.28. The molecular formula is C17H18F2N4O2S. The quantitative estimate of drug-likeness (QED) is 0.762. The molecule has 1 amide bonds. The van der Waals surface area contributed by atoms with Crippen molar-refractivity contribution in [3.63, 3.8) is 0 Å². The molecule has 0 spiro atoms. The minimum Gasteiger partial charge on any atom is -0.390 e. The SMILES string of the molecule is O=C1N[C@@H](CC2(O)CC2)CN2CC(F)(F)Cc3c(-c4cn[nH]c4)sc1c32. The van der Waals surface area contributed by atoms with Gasteiger partial charge in [0.15, 0.2) is 0 Å². The van der Waals surface area contributed by atoms with Crippen LogP contribution in [0.2, 0.25) is 0 Å². The molecule has 2 aromatic rings. The first-order chi connectivity index (χ1) is 12.3. The molecule has 9 heteroatoms. The van der Waals surface area contributed by atoms with Crippen molar-refractivity contribution >= 4 is 22.9 Å². The second-order valence-corrected chi connectivity index (χ2v) is 8.61. The Bertz CT molecular complexity index is 876. The van der Waals surface area contributed by atoms with E-state index in [4.69, 9.17) is 0 Å². The molecule has 5 rings (SSSR count). The number of nitrogens with zero attached hydrogens (tertiary/aromatic N) is 2. The Morgan fingerprint density at radius 2 is 2.19 bits per heavy atom. The summed E-state index contributed by atoms with van der Waals surface area (Å²) in [5.41, 5.74) is 1.11. The van der Waals surface area contributed by atoms with Crippen LogP contribution in [0.25, 0.3) is 10.4 Å². The number of halogens is 2. The molecule has 1 saturated carbocycles. The van der Waals surface area contributed by atoms with Crippen LogP contribution in [0.3, 0.4) is 0 Å². The van der Waals surface area contributed by atoms with E-state index in [2.05, 4.69) is 15.5 Å². The van der Waals surface area contributed by atoms with Gasteiger partial charge in [0.25, 0.3) is 11.8 Å². The van der Waals surface area contributed by atoms with Gasteiger partial charge >= 0.3 is 0 Å². The molecule has 2 aliphatic heterocycles. The van der Waals surface area contributed by atoms with Crippen LogP contribution in [-0.4, -0.2) is 51.9 Å². The average Bonchev–Trinajstić information content (AvgIpc) is 2.98. The molecule has 0 radical (unpaired) electrons. The second-order valence-electron chi connectivity index (χ2n) is 7.59. The van der Waals surface area contributed by atoms with Gasteiger partial charge in [0, 0.05) is 41.2 Å². The van der Waals surface area contributed by atoms with E-state index >= 15 is 0 Å². The van der Waals surface area contributed by atoms with E-state index in [1.54, 1.807) is 17.3 Å². The molecule has 3 aliphatic rings. The maximum atomic E-state index is 14.5. The maximum Gasteiger partial charge on any atom is 0.269 e. The third-order valence-electron chi connectivity index (χ3n) is 5.35. The number of alkyl halides is 2. The van der Waals surface area contributed by atoms with E-state index in [9.17, 15) is 18.7 Å². The summed E-state index contributed by atoms with van der Waals surface area (Å²) in [7, 11) is 0. The summed E-state index contributed by atoms with van der Waals surface area (Å²) < 4.78 is 28.9. The topological polar surface area (TPSA) is 81.2 Å². The number of aliphatic hydroxyl groups is 1. The molecule has 4 heterocycles. The van der Waals surface area contributed by atoms with Crippen molar-refractivity contribution in [3.8, 4) is 10.4 Å². The Balaban J connectivity index is 1.59. The van der Waals surface area contributed by atoms with Crippen molar-refractivity contribution < 1.29 is 18.7 Å². The molecular weight excluding hydrogens is 362 g/mol. The smallest absolute Gasteiger partial charge is 0.269 e. The number of carbonyl (C=O) groups excluding carboxylic acids is 1. The summed E-state index contributed by atoms with van der Waals surface area (Å²) in [5.74, 6) is -3.11. The zero-order chi connectivity index (χ0) is 18.1. The van der Waals surface area contributed by atoms with Gasteiger partial charge in [0.2, 0.25) is 0 Å². The first-order valence-corrected chi connectivity index (χ1v) is 9.46. The molecule has 0 saturated heterocycles. The largest absolute Gasteiger partial charge is 0.390 e. The van der Waals surface area contributed by atoms with Crippen LogP contribution in [0.15, 0.2) is 12.4 Å². The van der Waals surface area contributed by atoms with Gasteiger partial charge in [-0.1, -0.05) is 0 Å². The molecule has 2 aromatic heterocycles. The number of rotatable bonds is 3. The zero-order valence-electron chi connectivity index (χ0n) is 13.9. The van der Waals surface area contributed by atoms with Crippen molar-refractivity contribution in [2.24, 2.45) is 0 Å². The van der Waals surface area contributed by atoms with Crippen molar-refractivity contribution in [2.45, 2.75) is 43.2 Å². The molecule has 26 heavy (non-hydrogen) atoms. The Morgan fingerprint density at radius 1 is 1.38 bits per heavy atom. The molecule has 3 N–H and O–H groups in total. The maximum absolute atomic E-state index is 14.5. The lowest BCUT2D eigenvalue weighted by Gasteiger charge is -2.36. The molecule has 1 aliphatic carbocycles. The van der Waals surface area contributed by atoms with Gasteiger partial charge in [-0.15, -0.1) is 11.3 Å². The first kappa shape index (κ1) is 16.2. The second kappa shape index (κ2) is 5.26. The standard InChI is InChI=1S/C17H18F2N4O2S/c18-17(19)4-11-12-14(26-13(11)9-5-20-21-6-9)15(24)22-10(7-23(12)8-17)3-16(25)1-2-16/h5-6,10,25H,1-4,7-8H2,(H,20,21)(H,22,24)/t10-/m0/s1. The highest BCUT2D eigenvalue weighted by atomic mass is 32.1. The molecule has 0 aromatic carbocycles. The number of hydrogen-bond acceptors (Lipinski definition) is 5. The third-order valence-corrected chi connectivity index (χ3v) is 6.62. The van der Waals surface area contributed by atoms with E-state index in [0.717, 1.165) is 0 Å². The van der Waals surface area contributed by atoms with E-state index in [1.165, 1.54) is 11.3 Å². The van der Waals surface area contributed by atoms with Crippen molar-refractivity contribution in [1.29, 1.82) is 0 Å². The van der Waals surface area contributed by atoms with Crippen LogP contribution < -0.4 is 10.2 Å². The van der Waals surface area contributed by atoms with Crippen molar-refractivity contribution in [3.05, 3.63) is 22.8 Å². The van der Waals surface area contributed by atoms with Gasteiger partial charge in [0.05, 0.1) is 24.0 Å². The Labute approximate surface area is 152 Å². The van der Waals surface area contributed by atoms with Crippen LogP contribution in [0.5, 0.6) is 0 Å². The first-order valence-electron chi connectivity index (χ1n) is 8.64. The minimum atomic E-state index is -2.86. The number of aromatic amines is 1. The number of nitrogens with one attached hydrogen (secondary N) is 2. The highest BCUT2D eigenvalue weighted by Crippen LogP contribution is 2.49. The van der Waals surface area contributed by atoms with Crippen LogP contribution in [0, 0.1) is 0 Å². The fourth-order valence-electron chi connectivity index (χ4n) is 4.03. The fourth-order valence-corrected chi connectivity index (χ4v) is 5.26. The number of carbonyl (C=O) groups is 1. The van der Waals surface area contributed by atoms with Gasteiger partial charge in [0.1, 0.15) is 4.88 Å². The number of aromatic nitrogens is 2. The lowest BCUT2D eigenvalue weighted by atomic mass is 9.97. The van der Waals surface area contributed by atoms with Gasteiger partial charge in [-0.25, -0.2) is 8.78 Å². The summed E-state index contributed by atoms with van der Waals surface area (Å²) in [6.07, 6.45) is 4.67. The Morgan fingerprint density at radius 3 is 2.88 bits per heavy atom. The van der Waals surface area contributed by atoms with Gasteiger partial charge in [-0.2, -0.15) is 5.10 Å². The van der Waals surface area contributed by atoms with Gasteiger partial charge in [-0.3, -0.25) is 9.89 Å². The molecule has 1 atom stereocenters. The number of amides is 1. The van der Waals surface area contributed by atoms with Crippen LogP contribution >= 0.6 is 11.3 Å². The molecule has 138 valence electrons. The summed E-state index contributed by atoms with van der Waals surface area (Å²) >= 11 is 1.24. The number of H-pyrrole nitrogens is 1.